The molecule has 0 spiro atoms. The second-order valence-electron chi connectivity index (χ2n) is 6.44. The highest BCUT2D eigenvalue weighted by atomic mass is 16.5. The van der Waals surface area contributed by atoms with E-state index in [-0.39, 0.29) is 5.43 Å². The van der Waals surface area contributed by atoms with Crippen molar-refractivity contribution in [2.24, 2.45) is 0 Å². The Morgan fingerprint density at radius 2 is 1.93 bits per heavy atom. The first-order chi connectivity index (χ1) is 14.7. The zero-order valence-electron chi connectivity index (χ0n) is 16.1. The maximum atomic E-state index is 12.4. The van der Waals surface area contributed by atoms with Gasteiger partial charge in [-0.15, -0.1) is 0 Å². The first-order valence-electron chi connectivity index (χ1n) is 9.06. The Labute approximate surface area is 172 Å². The number of pyridine rings is 1. The van der Waals surface area contributed by atoms with Gasteiger partial charge in [0.25, 0.3) is 0 Å². The zero-order chi connectivity index (χ0) is 20.9. The van der Waals surface area contributed by atoms with Crippen LogP contribution in [0.1, 0.15) is 16.8 Å². The summed E-state index contributed by atoms with van der Waals surface area (Å²) >= 11 is 0. The fraction of sp³-hybridized carbons (Fsp3) is 0.0909. The summed E-state index contributed by atoms with van der Waals surface area (Å²) < 4.78 is 6.63. The molecule has 30 heavy (non-hydrogen) atoms. The quantitative estimate of drug-likeness (QED) is 0.510. The van der Waals surface area contributed by atoms with Crippen molar-refractivity contribution in [1.29, 1.82) is 5.26 Å². The summed E-state index contributed by atoms with van der Waals surface area (Å²) in [5.41, 5.74) is 2.97. The van der Waals surface area contributed by atoms with Gasteiger partial charge >= 0.3 is 0 Å². The second-order valence-corrected chi connectivity index (χ2v) is 6.44. The molecule has 0 saturated heterocycles. The molecule has 0 aliphatic rings. The van der Waals surface area contributed by atoms with E-state index < -0.39 is 0 Å². The Morgan fingerprint density at radius 3 is 2.70 bits per heavy atom. The second kappa shape index (κ2) is 8.32. The van der Waals surface area contributed by atoms with E-state index in [0.717, 1.165) is 11.1 Å². The zero-order valence-corrected chi connectivity index (χ0v) is 16.1. The van der Waals surface area contributed by atoms with Crippen molar-refractivity contribution in [3.8, 4) is 28.9 Å². The van der Waals surface area contributed by atoms with Gasteiger partial charge in [0.05, 0.1) is 37.0 Å². The molecule has 0 saturated carbocycles. The van der Waals surface area contributed by atoms with Gasteiger partial charge in [0.2, 0.25) is 5.43 Å². The molecule has 3 aromatic heterocycles. The predicted octanol–water partition coefficient (Wildman–Crippen LogP) is 2.56. The molecule has 1 aromatic carbocycles. The maximum absolute atomic E-state index is 12.4. The van der Waals surface area contributed by atoms with Gasteiger partial charge in [-0.05, 0) is 17.7 Å². The van der Waals surface area contributed by atoms with Crippen LogP contribution in [0.5, 0.6) is 5.75 Å². The number of methoxy groups -OCH3 is 1. The average Bonchev–Trinajstić information content (AvgIpc) is 2.81. The first kappa shape index (κ1) is 19.0. The lowest BCUT2D eigenvalue weighted by molar-refractivity contribution is 0.411. The molecule has 0 amide bonds. The van der Waals surface area contributed by atoms with Gasteiger partial charge in [-0.25, -0.2) is 14.6 Å². The SMILES string of the molecule is COc1cnc(-c2cccc(Cc3nn(-c4cncc(C#N)c4)ccc3=O)c2)nc1. The third kappa shape index (κ3) is 4.05. The number of hydrogen-bond acceptors (Lipinski definition) is 7. The molecule has 3 heterocycles. The number of hydrogen-bond donors (Lipinski definition) is 0. The van der Waals surface area contributed by atoms with Crippen molar-refractivity contribution in [2.75, 3.05) is 7.11 Å². The summed E-state index contributed by atoms with van der Waals surface area (Å²) in [6.07, 6.45) is 8.18. The minimum Gasteiger partial charge on any atom is -0.494 e. The Morgan fingerprint density at radius 1 is 1.10 bits per heavy atom. The largest absolute Gasteiger partial charge is 0.494 e. The van der Waals surface area contributed by atoms with Crippen molar-refractivity contribution in [2.45, 2.75) is 6.42 Å². The highest BCUT2D eigenvalue weighted by Gasteiger charge is 2.09. The van der Waals surface area contributed by atoms with E-state index >= 15 is 0 Å². The van der Waals surface area contributed by atoms with E-state index in [9.17, 15) is 4.79 Å². The van der Waals surface area contributed by atoms with Crippen LogP contribution in [-0.4, -0.2) is 31.8 Å². The molecule has 0 N–H and O–H groups in total. The molecule has 8 nitrogen and oxygen atoms in total. The van der Waals surface area contributed by atoms with Crippen LogP contribution in [0.4, 0.5) is 0 Å². The lowest BCUT2D eigenvalue weighted by atomic mass is 10.1. The van der Waals surface area contributed by atoms with Crippen molar-refractivity contribution in [3.05, 3.63) is 94.4 Å². The van der Waals surface area contributed by atoms with E-state index in [1.54, 1.807) is 42.6 Å². The van der Waals surface area contributed by atoms with E-state index in [4.69, 9.17) is 10.00 Å². The Bertz CT molecular complexity index is 1290. The molecule has 4 aromatic rings. The number of ether oxygens (including phenoxy) is 1. The number of aromatic nitrogens is 5. The molecular formula is C22H16N6O2. The number of nitrogens with zero attached hydrogens (tertiary/aromatic N) is 6. The molecule has 0 aliphatic carbocycles. The monoisotopic (exact) mass is 396 g/mol. The van der Waals surface area contributed by atoms with Crippen LogP contribution < -0.4 is 10.2 Å². The molecule has 0 radical (unpaired) electrons. The average molecular weight is 396 g/mol. The molecule has 0 bridgehead atoms. The first-order valence-corrected chi connectivity index (χ1v) is 9.06. The van der Waals surface area contributed by atoms with Crippen LogP contribution >= 0.6 is 0 Å². The standard InChI is InChI=1S/C22H16N6O2/c1-30-19-13-25-22(26-14-19)17-4-2-3-15(7-17)9-20-21(29)5-6-28(27-20)18-8-16(10-23)11-24-12-18/h2-8,11-14H,9H2,1H3. The van der Waals surface area contributed by atoms with E-state index in [0.29, 0.717) is 34.9 Å². The number of benzene rings is 1. The van der Waals surface area contributed by atoms with Crippen LogP contribution in [0.15, 0.2) is 72.2 Å². The molecule has 0 unspecified atom stereocenters. The topological polar surface area (TPSA) is 107 Å². The van der Waals surface area contributed by atoms with Crippen LogP contribution in [-0.2, 0) is 6.42 Å². The van der Waals surface area contributed by atoms with Crippen LogP contribution in [0.3, 0.4) is 0 Å². The molecule has 146 valence electrons. The molecule has 0 aliphatic heterocycles. The third-order valence-electron chi connectivity index (χ3n) is 4.42. The highest BCUT2D eigenvalue weighted by Crippen LogP contribution is 2.19. The van der Waals surface area contributed by atoms with Gasteiger partial charge in [0, 0.05) is 30.4 Å². The minimum absolute atomic E-state index is 0.165. The van der Waals surface area contributed by atoms with Crippen molar-refractivity contribution < 1.29 is 4.74 Å². The molecule has 0 atom stereocenters. The Balaban J connectivity index is 1.64. The van der Waals surface area contributed by atoms with Crippen LogP contribution in [0, 0.1) is 11.3 Å². The summed E-state index contributed by atoms with van der Waals surface area (Å²) in [7, 11) is 1.56. The normalized spacial score (nSPS) is 10.4. The van der Waals surface area contributed by atoms with Crippen molar-refractivity contribution in [3.63, 3.8) is 0 Å². The molecule has 8 heteroatoms. The van der Waals surface area contributed by atoms with E-state index in [2.05, 4.69) is 20.1 Å². The highest BCUT2D eigenvalue weighted by molar-refractivity contribution is 5.56. The predicted molar refractivity (Wildman–Crippen MR) is 109 cm³/mol. The maximum Gasteiger partial charge on any atom is 0.203 e. The third-order valence-corrected chi connectivity index (χ3v) is 4.42. The van der Waals surface area contributed by atoms with E-state index in [1.165, 1.54) is 12.3 Å². The number of nitriles is 1. The van der Waals surface area contributed by atoms with Gasteiger partial charge in [0.1, 0.15) is 11.8 Å². The Hall–Kier alpha value is -4.38. The van der Waals surface area contributed by atoms with Crippen molar-refractivity contribution in [1.82, 2.24) is 24.7 Å². The molecular weight excluding hydrogens is 380 g/mol. The summed E-state index contributed by atoms with van der Waals surface area (Å²) in [6, 6.07) is 12.8. The molecule has 4 rings (SSSR count). The van der Waals surface area contributed by atoms with Gasteiger partial charge in [-0.1, -0.05) is 18.2 Å². The smallest absolute Gasteiger partial charge is 0.203 e. The van der Waals surface area contributed by atoms with Gasteiger partial charge in [-0.3, -0.25) is 9.78 Å². The van der Waals surface area contributed by atoms with Gasteiger partial charge in [0.15, 0.2) is 11.6 Å². The lowest BCUT2D eigenvalue weighted by Gasteiger charge is -2.08. The summed E-state index contributed by atoms with van der Waals surface area (Å²) in [5, 5.41) is 13.5. The lowest BCUT2D eigenvalue weighted by Crippen LogP contribution is -2.16. The minimum atomic E-state index is -0.165. The number of rotatable bonds is 5. The molecule has 0 fully saturated rings. The van der Waals surface area contributed by atoms with Crippen molar-refractivity contribution >= 4 is 0 Å². The Kier molecular flexibility index (Phi) is 5.26. The fourth-order valence-electron chi connectivity index (χ4n) is 2.91. The van der Waals surface area contributed by atoms with E-state index in [1.807, 2.05) is 30.3 Å². The van der Waals surface area contributed by atoms with Crippen LogP contribution in [0.2, 0.25) is 0 Å². The van der Waals surface area contributed by atoms with Gasteiger partial charge in [-0.2, -0.15) is 10.4 Å². The van der Waals surface area contributed by atoms with Gasteiger partial charge < -0.3 is 4.74 Å². The summed E-state index contributed by atoms with van der Waals surface area (Å²) in [5.74, 6) is 1.15. The van der Waals surface area contributed by atoms with Crippen LogP contribution in [0.25, 0.3) is 17.1 Å². The fourth-order valence-corrected chi connectivity index (χ4v) is 2.91. The summed E-state index contributed by atoms with van der Waals surface area (Å²) in [6.45, 7) is 0. The summed E-state index contributed by atoms with van der Waals surface area (Å²) in [4.78, 5) is 25.0.